The second-order valence-electron chi connectivity index (χ2n) is 3.64. The summed E-state index contributed by atoms with van der Waals surface area (Å²) < 4.78 is 9.56. The Balaban J connectivity index is 0.000000357. The van der Waals surface area contributed by atoms with Gasteiger partial charge in [0.2, 0.25) is 0 Å². The Morgan fingerprint density at radius 3 is 2.39 bits per heavy atom. The normalized spacial score (nSPS) is 9.94. The van der Waals surface area contributed by atoms with Gasteiger partial charge in [0.25, 0.3) is 0 Å². The van der Waals surface area contributed by atoms with Crippen LogP contribution in [0.3, 0.4) is 0 Å². The average Bonchev–Trinajstić information content (AvgIpc) is 2.28. The SMILES string of the molecule is CS(C)=O.O=C(O)c1cc(=O)c2ccccc2[nH]1. The first kappa shape index (κ1) is 14.1. The van der Waals surface area contributed by atoms with Crippen LogP contribution in [-0.2, 0) is 10.8 Å². The molecule has 1 aromatic carbocycles. The first-order chi connectivity index (χ1) is 8.41. The number of aromatic nitrogens is 1. The number of pyridine rings is 1. The maximum absolute atomic E-state index is 11.4. The summed E-state index contributed by atoms with van der Waals surface area (Å²) in [4.78, 5) is 24.7. The molecule has 2 rings (SSSR count). The first-order valence-electron chi connectivity index (χ1n) is 5.02. The van der Waals surface area contributed by atoms with E-state index in [-0.39, 0.29) is 11.1 Å². The van der Waals surface area contributed by atoms with Crippen LogP contribution >= 0.6 is 0 Å². The number of hydrogen-bond donors (Lipinski definition) is 2. The highest BCUT2D eigenvalue weighted by Gasteiger charge is 2.06. The summed E-state index contributed by atoms with van der Waals surface area (Å²) in [5.74, 6) is -1.13. The number of para-hydroxylation sites is 1. The highest BCUT2D eigenvalue weighted by atomic mass is 32.2. The lowest BCUT2D eigenvalue weighted by molar-refractivity contribution is 0.0691. The maximum atomic E-state index is 11.4. The van der Waals surface area contributed by atoms with Gasteiger partial charge in [0.15, 0.2) is 5.43 Å². The Morgan fingerprint density at radius 1 is 1.28 bits per heavy atom. The lowest BCUT2D eigenvalue weighted by atomic mass is 10.2. The lowest BCUT2D eigenvalue weighted by Gasteiger charge is -1.98. The lowest BCUT2D eigenvalue weighted by Crippen LogP contribution is -2.09. The molecule has 1 aromatic heterocycles. The summed E-state index contributed by atoms with van der Waals surface area (Å²) in [5.41, 5.74) is 0.169. The average molecular weight is 267 g/mol. The fourth-order valence-electron chi connectivity index (χ4n) is 1.31. The summed E-state index contributed by atoms with van der Waals surface area (Å²) in [6.07, 6.45) is 3.28. The van der Waals surface area contributed by atoms with Crippen LogP contribution in [-0.4, -0.2) is 32.8 Å². The molecule has 0 atom stereocenters. The molecule has 0 unspecified atom stereocenters. The van der Waals surface area contributed by atoms with E-state index in [2.05, 4.69) is 4.98 Å². The van der Waals surface area contributed by atoms with Gasteiger partial charge in [-0.3, -0.25) is 9.00 Å². The Bertz CT molecular complexity index is 644. The number of rotatable bonds is 1. The third-order valence-corrected chi connectivity index (χ3v) is 1.97. The van der Waals surface area contributed by atoms with Crippen LogP contribution in [0.5, 0.6) is 0 Å². The molecular weight excluding hydrogens is 254 g/mol. The fraction of sp³-hybridized carbons (Fsp3) is 0.167. The Hall–Kier alpha value is -1.95. The van der Waals surface area contributed by atoms with E-state index in [4.69, 9.17) is 5.11 Å². The number of fused-ring (bicyclic) bond motifs is 1. The number of aromatic amines is 1. The van der Waals surface area contributed by atoms with E-state index in [0.29, 0.717) is 10.9 Å². The van der Waals surface area contributed by atoms with Crippen molar-refractivity contribution in [2.24, 2.45) is 0 Å². The topological polar surface area (TPSA) is 87.2 Å². The van der Waals surface area contributed by atoms with E-state index in [9.17, 15) is 13.8 Å². The minimum absolute atomic E-state index is 0.0892. The van der Waals surface area contributed by atoms with Crippen molar-refractivity contribution in [1.29, 1.82) is 0 Å². The molecule has 0 fully saturated rings. The second-order valence-corrected chi connectivity index (χ2v) is 5.12. The summed E-state index contributed by atoms with van der Waals surface area (Å²) >= 11 is 0. The highest BCUT2D eigenvalue weighted by Crippen LogP contribution is 2.06. The van der Waals surface area contributed by atoms with Crippen molar-refractivity contribution in [3.8, 4) is 0 Å². The first-order valence-corrected chi connectivity index (χ1v) is 6.99. The van der Waals surface area contributed by atoms with Gasteiger partial charge < -0.3 is 10.1 Å². The maximum Gasteiger partial charge on any atom is 0.352 e. The van der Waals surface area contributed by atoms with Gasteiger partial charge in [0.1, 0.15) is 5.69 Å². The molecule has 0 aliphatic heterocycles. The van der Waals surface area contributed by atoms with Crippen molar-refractivity contribution in [3.63, 3.8) is 0 Å². The number of benzene rings is 1. The summed E-state index contributed by atoms with van der Waals surface area (Å²) in [6.45, 7) is 0. The zero-order valence-electron chi connectivity index (χ0n) is 9.97. The third kappa shape index (κ3) is 3.81. The fourth-order valence-corrected chi connectivity index (χ4v) is 1.31. The van der Waals surface area contributed by atoms with Crippen LogP contribution < -0.4 is 5.43 Å². The van der Waals surface area contributed by atoms with Gasteiger partial charge in [-0.25, -0.2) is 4.79 Å². The third-order valence-electron chi connectivity index (χ3n) is 1.97. The number of carboxylic acid groups (broad SMARTS) is 1. The Morgan fingerprint density at radius 2 is 1.83 bits per heavy atom. The quantitative estimate of drug-likeness (QED) is 0.813. The van der Waals surface area contributed by atoms with Crippen LogP contribution in [0.15, 0.2) is 35.1 Å². The predicted octanol–water partition coefficient (Wildman–Crippen LogP) is 1.22. The van der Waals surface area contributed by atoms with E-state index in [1.807, 2.05) is 0 Å². The van der Waals surface area contributed by atoms with Gasteiger partial charge >= 0.3 is 5.97 Å². The smallest absolute Gasteiger partial charge is 0.352 e. The van der Waals surface area contributed by atoms with E-state index in [1.54, 1.807) is 36.8 Å². The summed E-state index contributed by atoms with van der Waals surface area (Å²) in [6, 6.07) is 7.88. The molecule has 0 radical (unpaired) electrons. The van der Waals surface area contributed by atoms with Gasteiger partial charge in [-0.15, -0.1) is 0 Å². The van der Waals surface area contributed by atoms with Gasteiger partial charge in [0, 0.05) is 40.3 Å². The predicted molar refractivity (Wildman–Crippen MR) is 71.5 cm³/mol. The summed E-state index contributed by atoms with van der Waals surface area (Å²) in [7, 11) is -0.611. The molecule has 0 amide bonds. The highest BCUT2D eigenvalue weighted by molar-refractivity contribution is 7.83. The van der Waals surface area contributed by atoms with Crippen LogP contribution in [0.1, 0.15) is 10.5 Å². The Kier molecular flexibility index (Phi) is 4.79. The zero-order valence-corrected chi connectivity index (χ0v) is 10.8. The number of carboxylic acids is 1. The minimum atomic E-state index is -1.13. The number of carbonyl (C=O) groups is 1. The largest absolute Gasteiger partial charge is 0.477 e. The molecule has 96 valence electrons. The standard InChI is InChI=1S/C10H7NO3.C2H6OS/c12-9-5-8(10(13)14)11-7-4-2-1-3-6(7)9;1-4(2)3/h1-5H,(H,11,12)(H,13,14);1-2H3. The van der Waals surface area contributed by atoms with Crippen LogP contribution in [0.4, 0.5) is 0 Å². The van der Waals surface area contributed by atoms with E-state index < -0.39 is 16.8 Å². The molecule has 2 N–H and O–H groups in total. The van der Waals surface area contributed by atoms with Crippen molar-refractivity contribution >= 4 is 27.7 Å². The van der Waals surface area contributed by atoms with Crippen molar-refractivity contribution in [2.45, 2.75) is 0 Å². The second kappa shape index (κ2) is 6.11. The monoisotopic (exact) mass is 267 g/mol. The van der Waals surface area contributed by atoms with Crippen molar-refractivity contribution < 1.29 is 14.1 Å². The zero-order chi connectivity index (χ0) is 13.7. The van der Waals surface area contributed by atoms with Gasteiger partial charge in [-0.05, 0) is 12.1 Å². The van der Waals surface area contributed by atoms with Gasteiger partial charge in [-0.2, -0.15) is 0 Å². The molecule has 0 saturated heterocycles. The van der Waals surface area contributed by atoms with Gasteiger partial charge in [-0.1, -0.05) is 12.1 Å². The number of H-pyrrole nitrogens is 1. The molecule has 0 spiro atoms. The molecule has 2 aromatic rings. The van der Waals surface area contributed by atoms with Crippen LogP contribution in [0.2, 0.25) is 0 Å². The molecule has 5 nitrogen and oxygen atoms in total. The molecule has 0 aliphatic carbocycles. The number of nitrogens with one attached hydrogen (secondary N) is 1. The number of aromatic carboxylic acids is 1. The molecule has 0 bridgehead atoms. The van der Waals surface area contributed by atoms with Crippen LogP contribution in [0, 0.1) is 0 Å². The van der Waals surface area contributed by atoms with E-state index in [1.165, 1.54) is 0 Å². The van der Waals surface area contributed by atoms with Crippen molar-refractivity contribution in [3.05, 3.63) is 46.2 Å². The molecule has 0 saturated carbocycles. The minimum Gasteiger partial charge on any atom is -0.477 e. The van der Waals surface area contributed by atoms with Crippen LogP contribution in [0.25, 0.3) is 10.9 Å². The van der Waals surface area contributed by atoms with Crippen molar-refractivity contribution in [1.82, 2.24) is 4.98 Å². The Labute approximate surface area is 106 Å². The number of hydrogen-bond acceptors (Lipinski definition) is 3. The molecular formula is C12H13NO4S. The van der Waals surface area contributed by atoms with Crippen molar-refractivity contribution in [2.75, 3.05) is 12.5 Å². The summed E-state index contributed by atoms with van der Waals surface area (Å²) in [5, 5.41) is 9.20. The molecule has 18 heavy (non-hydrogen) atoms. The molecule has 1 heterocycles. The van der Waals surface area contributed by atoms with E-state index >= 15 is 0 Å². The molecule has 0 aliphatic rings. The van der Waals surface area contributed by atoms with E-state index in [0.717, 1.165) is 6.07 Å². The molecule has 6 heteroatoms. The van der Waals surface area contributed by atoms with Gasteiger partial charge in [0.05, 0.1) is 0 Å².